The van der Waals surface area contributed by atoms with Gasteiger partial charge in [0.1, 0.15) is 35.8 Å². The fourth-order valence-corrected chi connectivity index (χ4v) is 8.86. The zero-order valence-corrected chi connectivity index (χ0v) is 33.6. The molecule has 1 aliphatic heterocycles. The van der Waals surface area contributed by atoms with Crippen LogP contribution in [0.1, 0.15) is 46.1 Å². The van der Waals surface area contributed by atoms with Crippen molar-refractivity contribution in [2.45, 2.75) is 36.9 Å². The molecule has 4 atom stereocenters. The van der Waals surface area contributed by atoms with Crippen molar-refractivity contribution in [3.05, 3.63) is 144 Å². The Morgan fingerprint density at radius 2 is 1.54 bits per heavy atom. The lowest BCUT2D eigenvalue weighted by molar-refractivity contribution is -0.0900. The summed E-state index contributed by atoms with van der Waals surface area (Å²) in [7, 11) is 3.25. The summed E-state index contributed by atoms with van der Waals surface area (Å²) >= 11 is 10.3. The number of aromatic nitrogens is 4. The Morgan fingerprint density at radius 3 is 2.16 bits per heavy atom. The molecule has 1 aliphatic rings. The molecule has 13 nitrogen and oxygen atoms in total. The van der Waals surface area contributed by atoms with E-state index >= 15 is 0 Å². The van der Waals surface area contributed by atoms with Gasteiger partial charge in [0, 0.05) is 12.0 Å². The molecule has 57 heavy (non-hydrogen) atoms. The lowest BCUT2D eigenvalue weighted by Crippen LogP contribution is -2.38. The maximum absolute atomic E-state index is 13.0. The number of methoxy groups -OCH3 is 2. The van der Waals surface area contributed by atoms with E-state index in [4.69, 9.17) is 45.1 Å². The summed E-state index contributed by atoms with van der Waals surface area (Å²) in [6, 6.07) is 36.3. The van der Waals surface area contributed by atoms with Crippen LogP contribution in [0.4, 0.5) is 5.82 Å². The zero-order chi connectivity index (χ0) is 39.8. The normalized spacial score (nSPS) is 17.8. The zero-order valence-electron chi connectivity index (χ0n) is 31.0. The summed E-state index contributed by atoms with van der Waals surface area (Å²) < 4.78 is 39.0. The predicted molar refractivity (Wildman–Crippen MR) is 221 cm³/mol. The highest BCUT2D eigenvalue weighted by Gasteiger charge is 2.44. The first kappa shape index (κ1) is 40.0. The number of fused-ring (bicyclic) bond motifs is 1. The number of anilines is 1. The fraction of sp³-hybridized carbons (Fsp3) is 0.244. The molecule has 3 heterocycles. The van der Waals surface area contributed by atoms with E-state index in [1.54, 1.807) is 49.4 Å². The van der Waals surface area contributed by atoms with E-state index in [9.17, 15) is 4.79 Å². The molecular formula is C41H39N6O7PS2. The van der Waals surface area contributed by atoms with Crippen LogP contribution in [0.15, 0.2) is 122 Å². The number of hydrogen-bond acceptors (Lipinski definition) is 12. The third-order valence-electron chi connectivity index (χ3n) is 9.49. The molecule has 4 aromatic carbocycles. The molecule has 6 aromatic rings. The monoisotopic (exact) mass is 822 g/mol. The van der Waals surface area contributed by atoms with Gasteiger partial charge in [-0.1, -0.05) is 85.0 Å². The van der Waals surface area contributed by atoms with E-state index in [1.807, 2.05) is 84.9 Å². The summed E-state index contributed by atoms with van der Waals surface area (Å²) in [5.74, 6) is 1.31. The van der Waals surface area contributed by atoms with Gasteiger partial charge in [0.2, 0.25) is 5.69 Å². The van der Waals surface area contributed by atoms with Crippen LogP contribution in [0.25, 0.3) is 11.2 Å². The smallest absolute Gasteiger partial charge is 0.256 e. The fourth-order valence-electron chi connectivity index (χ4n) is 6.75. The van der Waals surface area contributed by atoms with Crippen molar-refractivity contribution in [2.75, 3.05) is 32.8 Å². The van der Waals surface area contributed by atoms with Gasteiger partial charge in [-0.05, 0) is 64.9 Å². The van der Waals surface area contributed by atoms with Crippen molar-refractivity contribution in [2.24, 2.45) is 0 Å². The average Bonchev–Trinajstić information content (AvgIpc) is 3.86. The highest BCUT2D eigenvalue weighted by Crippen LogP contribution is 2.57. The van der Waals surface area contributed by atoms with Crippen LogP contribution in [0, 0.1) is 11.3 Å². The van der Waals surface area contributed by atoms with E-state index in [0.29, 0.717) is 34.6 Å². The third-order valence-corrected chi connectivity index (χ3v) is 11.7. The van der Waals surface area contributed by atoms with Crippen molar-refractivity contribution in [1.29, 1.82) is 5.26 Å². The number of imidazole rings is 1. The number of rotatable bonds is 16. The van der Waals surface area contributed by atoms with E-state index < -0.39 is 29.7 Å². The molecule has 0 bridgehead atoms. The first-order valence-corrected chi connectivity index (χ1v) is 21.7. The molecule has 0 saturated carbocycles. The number of nitrogens with one attached hydrogen (secondary N) is 1. The van der Waals surface area contributed by atoms with Crippen LogP contribution < -0.4 is 14.8 Å². The molecule has 0 spiro atoms. The summed E-state index contributed by atoms with van der Waals surface area (Å²) in [6.45, 7) is 0.0947. The van der Waals surface area contributed by atoms with Gasteiger partial charge in [0.15, 0.2) is 17.0 Å². The highest BCUT2D eigenvalue weighted by molar-refractivity contribution is 8.60. The van der Waals surface area contributed by atoms with Gasteiger partial charge in [-0.15, -0.1) is 0 Å². The van der Waals surface area contributed by atoms with Crippen LogP contribution in [-0.2, 0) is 35.9 Å². The van der Waals surface area contributed by atoms with Crippen LogP contribution >= 0.6 is 17.9 Å². The summed E-state index contributed by atoms with van der Waals surface area (Å²) in [5, 5.41) is 12.0. The number of thiol groups is 1. The van der Waals surface area contributed by atoms with Gasteiger partial charge in [-0.25, -0.2) is 15.0 Å². The average molecular weight is 823 g/mol. The second-order valence-electron chi connectivity index (χ2n) is 12.9. The minimum Gasteiger partial charge on any atom is -0.497 e. The Balaban J connectivity index is 1.25. The Morgan fingerprint density at radius 1 is 0.930 bits per heavy atom. The Bertz CT molecular complexity index is 2330. The molecule has 1 saturated heterocycles. The van der Waals surface area contributed by atoms with Gasteiger partial charge in [-0.2, -0.15) is 5.26 Å². The molecule has 2 aromatic heterocycles. The topological polar surface area (TPSA) is 152 Å². The molecule has 1 amide bonds. The van der Waals surface area contributed by atoms with Crippen molar-refractivity contribution in [1.82, 2.24) is 19.5 Å². The Labute approximate surface area is 340 Å². The minimum atomic E-state index is -3.15. The number of carbonyl (C=O) groups is 1. The van der Waals surface area contributed by atoms with Crippen molar-refractivity contribution >= 4 is 52.6 Å². The van der Waals surface area contributed by atoms with E-state index in [2.05, 4.69) is 38.6 Å². The minimum absolute atomic E-state index is 0.0232. The third kappa shape index (κ3) is 8.88. The summed E-state index contributed by atoms with van der Waals surface area (Å²) in [4.78, 5) is 26.5. The second-order valence-corrected chi connectivity index (χ2v) is 18.1. The van der Waals surface area contributed by atoms with E-state index in [0.717, 1.165) is 16.7 Å². The van der Waals surface area contributed by atoms with Gasteiger partial charge >= 0.3 is 0 Å². The predicted octanol–water partition coefficient (Wildman–Crippen LogP) is 7.86. The molecule has 16 heteroatoms. The number of amides is 1. The summed E-state index contributed by atoms with van der Waals surface area (Å²) in [6.07, 6.45) is 1.34. The standard InChI is InChI=1S/C41H39N6O7PS2/c1-49-32-18-14-30(15-19-32)41(29-12-7-4-8-13-29,31-16-20-33(50-2)21-17-31)51-25-35-34(54-55(56,57)52-23-9-22-42)24-36(53-35)47-27-45-37-38(43-26-44-39(37)47)46-40(48)28-10-5-3-6-11-28/h3-8,10-21,26-27,34-36H,9,23-25H2,1-2H3,(H,56,57)(H,43,44,46,48)/t34-,35+,36+/m0/s1. The largest absolute Gasteiger partial charge is 0.497 e. The van der Waals surface area contributed by atoms with Crippen molar-refractivity contribution in [3.63, 3.8) is 0 Å². The SMILES string of the molecule is COc1ccc(C(OC[C@H]2O[C@@H](n3cnc4c(NC(=O)c5ccccc5)ncnc43)C[C@@H]2OP(=S)(S)OCCC#N)(c2ccccc2)c2ccc(OC)cc2)cc1. The van der Waals surface area contributed by atoms with Crippen LogP contribution in [0.3, 0.4) is 0 Å². The first-order chi connectivity index (χ1) is 27.7. The molecule has 1 N–H and O–H groups in total. The molecular weight excluding hydrogens is 784 g/mol. The maximum Gasteiger partial charge on any atom is 0.256 e. The first-order valence-electron chi connectivity index (χ1n) is 17.9. The molecule has 0 radical (unpaired) electrons. The number of benzene rings is 4. The van der Waals surface area contributed by atoms with Crippen LogP contribution in [0.2, 0.25) is 0 Å². The highest BCUT2D eigenvalue weighted by atomic mass is 32.9. The number of nitriles is 1. The number of nitrogens with zero attached hydrogens (tertiary/aromatic N) is 5. The van der Waals surface area contributed by atoms with Crippen LogP contribution in [0.5, 0.6) is 11.5 Å². The number of ether oxygens (including phenoxy) is 4. The van der Waals surface area contributed by atoms with Gasteiger partial charge < -0.3 is 33.3 Å². The maximum atomic E-state index is 13.0. The summed E-state index contributed by atoms with van der Waals surface area (Å²) in [5.41, 5.74) is -0.459. The van der Waals surface area contributed by atoms with Gasteiger partial charge in [0.25, 0.3) is 5.91 Å². The van der Waals surface area contributed by atoms with Crippen molar-refractivity contribution < 1.29 is 32.8 Å². The Hall–Kier alpha value is -5.17. The molecule has 1 fully saturated rings. The number of hydrogen-bond donors (Lipinski definition) is 2. The second kappa shape index (κ2) is 18.0. The lowest BCUT2D eigenvalue weighted by Gasteiger charge is -2.37. The van der Waals surface area contributed by atoms with Crippen LogP contribution in [-0.4, -0.2) is 65.1 Å². The Kier molecular flexibility index (Phi) is 12.6. The quantitative estimate of drug-likeness (QED) is 0.0423. The molecule has 0 aliphatic carbocycles. The number of carbonyl (C=O) groups excluding carboxylic acids is 1. The molecule has 1 unspecified atom stereocenters. The van der Waals surface area contributed by atoms with Crippen molar-refractivity contribution in [3.8, 4) is 17.6 Å². The van der Waals surface area contributed by atoms with Gasteiger partial charge in [-0.3, -0.25) is 9.36 Å². The van der Waals surface area contributed by atoms with E-state index in [1.165, 1.54) is 6.33 Å². The lowest BCUT2D eigenvalue weighted by atomic mass is 9.80. The van der Waals surface area contributed by atoms with E-state index in [-0.39, 0.29) is 31.4 Å². The molecule has 7 rings (SSSR count). The molecule has 292 valence electrons. The van der Waals surface area contributed by atoms with Gasteiger partial charge in [0.05, 0.1) is 52.4 Å².